The first-order valence-corrected chi connectivity index (χ1v) is 13.2. The average molecular weight is 578 g/mol. The molecule has 1 fully saturated rings. The fourth-order valence-electron chi connectivity index (χ4n) is 3.51. The molecule has 0 unspecified atom stereocenters. The molecule has 188 valence electrons. The average Bonchev–Trinajstić information content (AvgIpc) is 3.23. The van der Waals surface area contributed by atoms with Gasteiger partial charge in [0.15, 0.2) is 16.7 Å². The summed E-state index contributed by atoms with van der Waals surface area (Å²) in [5.41, 5.74) is 2.82. The van der Waals surface area contributed by atoms with Crippen LogP contribution in [-0.2, 0) is 11.4 Å². The van der Waals surface area contributed by atoms with Crippen molar-refractivity contribution in [2.45, 2.75) is 20.5 Å². The number of nitrogens with zero attached hydrogens (tertiary/aromatic N) is 2. The van der Waals surface area contributed by atoms with Crippen LogP contribution in [0, 0.1) is 11.3 Å². The zero-order valence-electron chi connectivity index (χ0n) is 20.3. The predicted octanol–water partition coefficient (Wildman–Crippen LogP) is 6.59. The van der Waals surface area contributed by atoms with Gasteiger partial charge in [-0.05, 0) is 95.6 Å². The molecule has 0 spiro atoms. The first kappa shape index (κ1) is 26.3. The van der Waals surface area contributed by atoms with Crippen LogP contribution in [0.4, 0.5) is 5.69 Å². The van der Waals surface area contributed by atoms with Crippen molar-refractivity contribution >= 4 is 50.5 Å². The number of rotatable bonds is 9. The molecule has 1 amide bonds. The lowest BCUT2D eigenvalue weighted by atomic mass is 10.1. The predicted molar refractivity (Wildman–Crippen MR) is 149 cm³/mol. The van der Waals surface area contributed by atoms with Crippen LogP contribution in [0.15, 0.2) is 75.0 Å². The van der Waals surface area contributed by atoms with Crippen molar-refractivity contribution in [3.63, 3.8) is 0 Å². The number of amides is 1. The van der Waals surface area contributed by atoms with Gasteiger partial charge in [0.1, 0.15) is 12.4 Å². The molecule has 4 rings (SSSR count). The van der Waals surface area contributed by atoms with Gasteiger partial charge in [0, 0.05) is 5.56 Å². The van der Waals surface area contributed by atoms with Gasteiger partial charge in [-0.2, -0.15) is 5.26 Å². The van der Waals surface area contributed by atoms with Crippen molar-refractivity contribution in [2.24, 2.45) is 4.99 Å². The lowest BCUT2D eigenvalue weighted by Gasteiger charge is -2.15. The van der Waals surface area contributed by atoms with Gasteiger partial charge in [-0.3, -0.25) is 4.79 Å². The van der Waals surface area contributed by atoms with E-state index in [-0.39, 0.29) is 12.5 Å². The van der Waals surface area contributed by atoms with Crippen LogP contribution in [0.5, 0.6) is 17.2 Å². The summed E-state index contributed by atoms with van der Waals surface area (Å²) in [6.45, 7) is 5.06. The Hall–Kier alpha value is -3.74. The second kappa shape index (κ2) is 12.5. The van der Waals surface area contributed by atoms with Crippen molar-refractivity contribution < 1.29 is 19.0 Å². The van der Waals surface area contributed by atoms with Crippen molar-refractivity contribution in [3.8, 4) is 23.3 Å². The monoisotopic (exact) mass is 577 g/mol. The molecule has 7 nitrogen and oxygen atoms in total. The maximum absolute atomic E-state index is 12.6. The normalized spacial score (nSPS) is 14.9. The van der Waals surface area contributed by atoms with Gasteiger partial charge in [0.05, 0.1) is 39.9 Å². The molecule has 0 atom stereocenters. The molecule has 3 aromatic carbocycles. The smallest absolute Gasteiger partial charge is 0.264 e. The van der Waals surface area contributed by atoms with Crippen molar-refractivity contribution in [2.75, 3.05) is 13.2 Å². The number of carbonyl (C=O) groups excluding carboxylic acids is 1. The highest BCUT2D eigenvalue weighted by Crippen LogP contribution is 2.39. The Balaban J connectivity index is 1.53. The Labute approximate surface area is 228 Å². The number of amidine groups is 1. The first-order chi connectivity index (χ1) is 18.0. The van der Waals surface area contributed by atoms with Gasteiger partial charge in [0.2, 0.25) is 0 Å². The van der Waals surface area contributed by atoms with Crippen molar-refractivity contribution in [1.82, 2.24) is 5.32 Å². The van der Waals surface area contributed by atoms with Crippen LogP contribution < -0.4 is 19.5 Å². The van der Waals surface area contributed by atoms with E-state index in [2.05, 4.69) is 32.3 Å². The molecule has 1 saturated heterocycles. The topological polar surface area (TPSA) is 92.9 Å². The van der Waals surface area contributed by atoms with Gasteiger partial charge in [0.25, 0.3) is 5.91 Å². The highest BCUT2D eigenvalue weighted by Gasteiger charge is 2.24. The Bertz CT molecular complexity index is 1400. The van der Waals surface area contributed by atoms with E-state index in [9.17, 15) is 10.1 Å². The number of hydrogen-bond donors (Lipinski definition) is 1. The maximum Gasteiger partial charge on any atom is 0.264 e. The lowest BCUT2D eigenvalue weighted by Crippen LogP contribution is -2.19. The van der Waals surface area contributed by atoms with E-state index in [0.29, 0.717) is 50.5 Å². The van der Waals surface area contributed by atoms with E-state index >= 15 is 0 Å². The van der Waals surface area contributed by atoms with E-state index < -0.39 is 0 Å². The number of thioether (sulfide) groups is 1. The number of carbonyl (C=O) groups is 1. The molecule has 0 aromatic heterocycles. The van der Waals surface area contributed by atoms with Crippen LogP contribution in [0.3, 0.4) is 0 Å². The Morgan fingerprint density at radius 1 is 1.05 bits per heavy atom. The number of nitrogens with one attached hydrogen (secondary N) is 1. The van der Waals surface area contributed by atoms with Gasteiger partial charge in [-0.1, -0.05) is 18.2 Å². The zero-order valence-corrected chi connectivity index (χ0v) is 22.7. The summed E-state index contributed by atoms with van der Waals surface area (Å²) in [6.07, 6.45) is 1.78. The summed E-state index contributed by atoms with van der Waals surface area (Å²) in [5.74, 6) is 1.60. The summed E-state index contributed by atoms with van der Waals surface area (Å²) in [7, 11) is 0. The minimum atomic E-state index is -0.225. The maximum atomic E-state index is 12.6. The quantitative estimate of drug-likeness (QED) is 0.288. The standard InChI is InChI=1S/C28H24BrN3O4S/c1-3-34-22-11-9-21(10-12-22)31-28-32-27(33)25(37-28)15-18-13-23(29)26(24(14-18)35-4-2)36-17-20-8-6-5-7-19(20)16-30/h5-15H,3-4,17H2,1-2H3,(H,31,32,33)/b25-15+. The SMILES string of the molecule is CCOc1ccc(N=C2NC(=O)/C(=C\c3cc(Br)c(OCc4ccccc4C#N)c(OCC)c3)S2)cc1. The number of benzene rings is 3. The fourth-order valence-corrected chi connectivity index (χ4v) is 4.93. The minimum Gasteiger partial charge on any atom is -0.494 e. The van der Waals surface area contributed by atoms with Gasteiger partial charge >= 0.3 is 0 Å². The number of halogens is 1. The second-order valence-electron chi connectivity index (χ2n) is 7.73. The van der Waals surface area contributed by atoms with Crippen molar-refractivity contribution in [3.05, 3.63) is 86.7 Å². The number of nitriles is 1. The van der Waals surface area contributed by atoms with E-state index in [1.165, 1.54) is 11.8 Å². The molecule has 1 N–H and O–H groups in total. The van der Waals surface area contributed by atoms with Crippen molar-refractivity contribution in [1.29, 1.82) is 5.26 Å². The third-order valence-electron chi connectivity index (χ3n) is 5.17. The molecule has 37 heavy (non-hydrogen) atoms. The molecule has 3 aromatic rings. The molecule has 0 bridgehead atoms. The Kier molecular flexibility index (Phi) is 8.88. The second-order valence-corrected chi connectivity index (χ2v) is 9.61. The third-order valence-corrected chi connectivity index (χ3v) is 6.67. The summed E-state index contributed by atoms with van der Waals surface area (Å²) in [5, 5.41) is 12.6. The largest absolute Gasteiger partial charge is 0.494 e. The van der Waals surface area contributed by atoms with E-state index in [1.807, 2.05) is 68.4 Å². The first-order valence-electron chi connectivity index (χ1n) is 11.6. The lowest BCUT2D eigenvalue weighted by molar-refractivity contribution is -0.115. The van der Waals surface area contributed by atoms with Crippen LogP contribution >= 0.6 is 27.7 Å². The van der Waals surface area contributed by atoms with Gasteiger partial charge in [-0.15, -0.1) is 0 Å². The van der Waals surface area contributed by atoms with E-state index in [1.54, 1.807) is 12.1 Å². The summed E-state index contributed by atoms with van der Waals surface area (Å²) < 4.78 is 18.0. The molecule has 0 saturated carbocycles. The van der Waals surface area contributed by atoms with Gasteiger partial charge < -0.3 is 19.5 Å². The minimum absolute atomic E-state index is 0.215. The third kappa shape index (κ3) is 6.73. The number of hydrogen-bond acceptors (Lipinski definition) is 7. The van der Waals surface area contributed by atoms with Crippen LogP contribution in [0.2, 0.25) is 0 Å². The highest BCUT2D eigenvalue weighted by molar-refractivity contribution is 9.10. The van der Waals surface area contributed by atoms with Crippen LogP contribution in [0.25, 0.3) is 6.08 Å². The molecule has 0 radical (unpaired) electrons. The van der Waals surface area contributed by atoms with Gasteiger partial charge in [-0.25, -0.2) is 4.99 Å². The van der Waals surface area contributed by atoms with E-state index in [0.717, 1.165) is 16.9 Å². The molecular weight excluding hydrogens is 554 g/mol. The van der Waals surface area contributed by atoms with Crippen LogP contribution in [-0.4, -0.2) is 24.3 Å². The molecular formula is C28H24BrN3O4S. The molecule has 1 aliphatic heterocycles. The molecule has 0 aliphatic carbocycles. The number of aliphatic imine (C=N–C) groups is 1. The fraction of sp³-hybridized carbons (Fsp3) is 0.179. The summed E-state index contributed by atoms with van der Waals surface area (Å²) >= 11 is 4.84. The highest BCUT2D eigenvalue weighted by atomic mass is 79.9. The molecule has 1 heterocycles. The number of ether oxygens (including phenoxy) is 3. The Morgan fingerprint density at radius 2 is 1.81 bits per heavy atom. The van der Waals surface area contributed by atoms with Crippen LogP contribution in [0.1, 0.15) is 30.5 Å². The zero-order chi connectivity index (χ0) is 26.2. The van der Waals surface area contributed by atoms with E-state index in [4.69, 9.17) is 14.2 Å². The summed E-state index contributed by atoms with van der Waals surface area (Å²) in [6, 6.07) is 20.5. The summed E-state index contributed by atoms with van der Waals surface area (Å²) in [4.78, 5) is 17.6. The Morgan fingerprint density at radius 3 is 2.54 bits per heavy atom. The molecule has 1 aliphatic rings. The molecule has 9 heteroatoms.